The number of thiazole rings is 1. The maximum atomic E-state index is 12.8. The van der Waals surface area contributed by atoms with Crippen LogP contribution in [0.4, 0.5) is 0 Å². The standard InChI is InChI=1S/C21H30N4OS/c1-16-6-5-7-17(2)25(16)21(26)15-24-12-10-23(11-13-24)14-20-22-18-8-3-4-9-19(18)27-20/h3-4,8-9,16-17H,5-7,10-15H2,1-2H3. The highest BCUT2D eigenvalue weighted by Crippen LogP contribution is 2.24. The summed E-state index contributed by atoms with van der Waals surface area (Å²) in [7, 11) is 0. The molecule has 5 nitrogen and oxygen atoms in total. The van der Waals surface area contributed by atoms with Crippen LogP contribution in [0.3, 0.4) is 0 Å². The van der Waals surface area contributed by atoms with E-state index in [1.165, 1.54) is 16.1 Å². The van der Waals surface area contributed by atoms with Gasteiger partial charge in [-0.2, -0.15) is 0 Å². The molecule has 6 heteroatoms. The molecule has 1 amide bonds. The van der Waals surface area contributed by atoms with E-state index in [9.17, 15) is 4.79 Å². The topological polar surface area (TPSA) is 39.7 Å². The summed E-state index contributed by atoms with van der Waals surface area (Å²) in [6.45, 7) is 9.83. The van der Waals surface area contributed by atoms with Gasteiger partial charge in [0.2, 0.25) is 5.91 Å². The second kappa shape index (κ2) is 8.25. The fraction of sp³-hybridized carbons (Fsp3) is 0.619. The Kier molecular flexibility index (Phi) is 5.76. The van der Waals surface area contributed by atoms with Gasteiger partial charge >= 0.3 is 0 Å². The van der Waals surface area contributed by atoms with Crippen LogP contribution in [-0.4, -0.2) is 70.4 Å². The van der Waals surface area contributed by atoms with E-state index >= 15 is 0 Å². The first-order valence-electron chi connectivity index (χ1n) is 10.2. The Bertz CT molecular complexity index is 740. The molecule has 27 heavy (non-hydrogen) atoms. The number of piperazine rings is 1. The number of amides is 1. The van der Waals surface area contributed by atoms with Gasteiger partial charge in [-0.15, -0.1) is 11.3 Å². The van der Waals surface area contributed by atoms with Gasteiger partial charge < -0.3 is 4.90 Å². The number of carbonyl (C=O) groups excluding carboxylic acids is 1. The number of para-hydroxylation sites is 1. The van der Waals surface area contributed by atoms with Gasteiger partial charge in [0.15, 0.2) is 0 Å². The fourth-order valence-corrected chi connectivity index (χ4v) is 5.48. The molecule has 1 aromatic heterocycles. The van der Waals surface area contributed by atoms with Gasteiger partial charge in [-0.1, -0.05) is 12.1 Å². The van der Waals surface area contributed by atoms with E-state index in [2.05, 4.69) is 46.7 Å². The van der Waals surface area contributed by atoms with E-state index < -0.39 is 0 Å². The summed E-state index contributed by atoms with van der Waals surface area (Å²) in [5.74, 6) is 0.314. The van der Waals surface area contributed by atoms with Gasteiger partial charge in [0.05, 0.1) is 23.3 Å². The quantitative estimate of drug-likeness (QED) is 0.809. The number of likely N-dealkylation sites (tertiary alicyclic amines) is 1. The predicted molar refractivity (Wildman–Crippen MR) is 111 cm³/mol. The lowest BCUT2D eigenvalue weighted by atomic mass is 9.97. The molecule has 2 aliphatic rings. The maximum absolute atomic E-state index is 12.8. The first-order valence-corrected chi connectivity index (χ1v) is 11.0. The molecular weight excluding hydrogens is 356 g/mol. The fourth-order valence-electron chi connectivity index (χ4n) is 4.47. The predicted octanol–water partition coefficient (Wildman–Crippen LogP) is 3.20. The zero-order valence-corrected chi connectivity index (χ0v) is 17.2. The van der Waals surface area contributed by atoms with Crippen LogP contribution in [-0.2, 0) is 11.3 Å². The minimum atomic E-state index is 0.314. The molecule has 2 fully saturated rings. The van der Waals surface area contributed by atoms with Crippen molar-refractivity contribution in [3.8, 4) is 0 Å². The van der Waals surface area contributed by atoms with Gasteiger partial charge in [-0.25, -0.2) is 4.98 Å². The van der Waals surface area contributed by atoms with Crippen molar-refractivity contribution >= 4 is 27.5 Å². The SMILES string of the molecule is CC1CCCC(C)N1C(=O)CN1CCN(Cc2nc3ccccc3s2)CC1. The van der Waals surface area contributed by atoms with Crippen molar-refractivity contribution in [2.45, 2.75) is 51.7 Å². The van der Waals surface area contributed by atoms with Gasteiger partial charge in [0, 0.05) is 38.3 Å². The Labute approximate surface area is 166 Å². The molecular formula is C21H30N4OS. The Hall–Kier alpha value is -1.50. The minimum Gasteiger partial charge on any atom is -0.336 e. The monoisotopic (exact) mass is 386 g/mol. The van der Waals surface area contributed by atoms with Crippen LogP contribution in [0.25, 0.3) is 10.2 Å². The summed E-state index contributed by atoms with van der Waals surface area (Å²) >= 11 is 1.79. The van der Waals surface area contributed by atoms with E-state index in [0.717, 1.165) is 51.1 Å². The van der Waals surface area contributed by atoms with Crippen LogP contribution in [0.2, 0.25) is 0 Å². The zero-order chi connectivity index (χ0) is 18.8. The largest absolute Gasteiger partial charge is 0.336 e. The third-order valence-corrected chi connectivity index (χ3v) is 7.02. The number of piperidine rings is 1. The molecule has 0 bridgehead atoms. The van der Waals surface area contributed by atoms with Gasteiger partial charge in [0.25, 0.3) is 0 Å². The summed E-state index contributed by atoms with van der Waals surface area (Å²) in [6.07, 6.45) is 3.54. The van der Waals surface area contributed by atoms with Crippen molar-refractivity contribution in [3.05, 3.63) is 29.3 Å². The summed E-state index contributed by atoms with van der Waals surface area (Å²) < 4.78 is 1.27. The average Bonchev–Trinajstić information content (AvgIpc) is 3.05. The summed E-state index contributed by atoms with van der Waals surface area (Å²) in [5.41, 5.74) is 1.10. The van der Waals surface area contributed by atoms with Crippen LogP contribution < -0.4 is 0 Å². The van der Waals surface area contributed by atoms with Crippen LogP contribution in [0.15, 0.2) is 24.3 Å². The van der Waals surface area contributed by atoms with Crippen molar-refractivity contribution < 1.29 is 4.79 Å². The Morgan fingerprint density at radius 2 is 1.74 bits per heavy atom. The first kappa shape index (κ1) is 18.8. The van der Waals surface area contributed by atoms with Crippen molar-refractivity contribution in [2.24, 2.45) is 0 Å². The molecule has 0 radical (unpaired) electrons. The van der Waals surface area contributed by atoms with Gasteiger partial charge in [-0.3, -0.25) is 14.6 Å². The molecule has 0 aliphatic carbocycles. The molecule has 2 atom stereocenters. The van der Waals surface area contributed by atoms with E-state index in [1.807, 2.05) is 6.07 Å². The molecule has 2 aliphatic heterocycles. The number of hydrogen-bond donors (Lipinski definition) is 0. The van der Waals surface area contributed by atoms with E-state index in [4.69, 9.17) is 4.98 Å². The lowest BCUT2D eigenvalue weighted by Crippen LogP contribution is -2.54. The van der Waals surface area contributed by atoms with Gasteiger partial charge in [0.1, 0.15) is 5.01 Å². The van der Waals surface area contributed by atoms with Crippen LogP contribution in [0, 0.1) is 0 Å². The van der Waals surface area contributed by atoms with Crippen molar-refractivity contribution in [1.82, 2.24) is 19.7 Å². The minimum absolute atomic E-state index is 0.314. The van der Waals surface area contributed by atoms with Crippen molar-refractivity contribution in [1.29, 1.82) is 0 Å². The second-order valence-corrected chi connectivity index (χ2v) is 9.17. The highest BCUT2D eigenvalue weighted by molar-refractivity contribution is 7.18. The van der Waals surface area contributed by atoms with E-state index in [0.29, 0.717) is 24.5 Å². The number of fused-ring (bicyclic) bond motifs is 1. The number of nitrogens with zero attached hydrogens (tertiary/aromatic N) is 4. The average molecular weight is 387 g/mol. The van der Waals surface area contributed by atoms with Crippen molar-refractivity contribution in [2.75, 3.05) is 32.7 Å². The first-order chi connectivity index (χ1) is 13.1. The van der Waals surface area contributed by atoms with E-state index in [1.54, 1.807) is 11.3 Å². The molecule has 1 aromatic carbocycles. The molecule has 2 unspecified atom stereocenters. The lowest BCUT2D eigenvalue weighted by molar-refractivity contribution is -0.139. The molecule has 0 saturated carbocycles. The Morgan fingerprint density at radius 3 is 2.44 bits per heavy atom. The summed E-state index contributed by atoms with van der Waals surface area (Å²) in [4.78, 5) is 24.5. The van der Waals surface area contributed by atoms with Crippen LogP contribution in [0.1, 0.15) is 38.1 Å². The lowest BCUT2D eigenvalue weighted by Gasteiger charge is -2.41. The normalized spacial score (nSPS) is 25.2. The molecule has 3 heterocycles. The Balaban J connectivity index is 1.28. The second-order valence-electron chi connectivity index (χ2n) is 8.06. The zero-order valence-electron chi connectivity index (χ0n) is 16.4. The Morgan fingerprint density at radius 1 is 1.07 bits per heavy atom. The highest BCUT2D eigenvalue weighted by Gasteiger charge is 2.30. The smallest absolute Gasteiger partial charge is 0.237 e. The third kappa shape index (κ3) is 4.33. The van der Waals surface area contributed by atoms with Crippen LogP contribution in [0.5, 0.6) is 0 Å². The number of rotatable bonds is 4. The van der Waals surface area contributed by atoms with Gasteiger partial charge in [-0.05, 0) is 45.2 Å². The number of hydrogen-bond acceptors (Lipinski definition) is 5. The molecule has 146 valence electrons. The molecule has 0 spiro atoms. The molecule has 4 rings (SSSR count). The summed E-state index contributed by atoms with van der Waals surface area (Å²) in [6, 6.07) is 9.13. The number of benzene rings is 1. The van der Waals surface area contributed by atoms with Crippen LogP contribution >= 0.6 is 11.3 Å². The number of carbonyl (C=O) groups is 1. The van der Waals surface area contributed by atoms with E-state index in [-0.39, 0.29) is 0 Å². The molecule has 2 aromatic rings. The molecule has 2 saturated heterocycles. The maximum Gasteiger partial charge on any atom is 0.237 e. The third-order valence-electron chi connectivity index (χ3n) is 6.00. The highest BCUT2D eigenvalue weighted by atomic mass is 32.1. The summed E-state index contributed by atoms with van der Waals surface area (Å²) in [5, 5.41) is 1.19. The van der Waals surface area contributed by atoms with Crippen molar-refractivity contribution in [3.63, 3.8) is 0 Å². The molecule has 0 N–H and O–H groups in total. The number of aromatic nitrogens is 1.